The fourth-order valence-corrected chi connectivity index (χ4v) is 1.67. The quantitative estimate of drug-likeness (QED) is 0.886. The maximum absolute atomic E-state index is 11.9. The molecule has 0 radical (unpaired) electrons. The second-order valence-corrected chi connectivity index (χ2v) is 5.09. The molecule has 3 N–H and O–H groups in total. The molecule has 0 bridgehead atoms. The molecule has 3 nitrogen and oxygen atoms in total. The van der Waals surface area contributed by atoms with Crippen LogP contribution in [0, 0.1) is 0 Å². The average Bonchev–Trinajstić information content (AvgIpc) is 2.26. The number of benzene rings is 1. The summed E-state index contributed by atoms with van der Waals surface area (Å²) < 4.78 is 1.01. The van der Waals surface area contributed by atoms with Gasteiger partial charge in [0, 0.05) is 17.6 Å². The highest BCUT2D eigenvalue weighted by Gasteiger charge is 2.29. The molecular formula is C12H17BrN2O. The summed E-state index contributed by atoms with van der Waals surface area (Å²) in [5.74, 6) is 0.000252. The summed E-state index contributed by atoms with van der Waals surface area (Å²) in [6.45, 7) is 4.78. The van der Waals surface area contributed by atoms with Crippen molar-refractivity contribution in [3.05, 3.63) is 34.3 Å². The first-order valence-electron chi connectivity index (χ1n) is 5.23. The molecule has 0 heterocycles. The van der Waals surface area contributed by atoms with Crippen molar-refractivity contribution in [3.8, 4) is 0 Å². The number of halogens is 1. The maximum atomic E-state index is 11.9. The summed E-state index contributed by atoms with van der Waals surface area (Å²) in [7, 11) is 0. The minimum atomic E-state index is -0.532. The highest BCUT2D eigenvalue weighted by atomic mass is 79.9. The monoisotopic (exact) mass is 284 g/mol. The molecule has 16 heavy (non-hydrogen) atoms. The zero-order chi connectivity index (χ0) is 12.2. The number of carbonyl (C=O) groups excluding carboxylic acids is 1. The molecule has 1 amide bonds. The van der Waals surface area contributed by atoms with Gasteiger partial charge in [-0.3, -0.25) is 4.79 Å². The second-order valence-electron chi connectivity index (χ2n) is 4.18. The lowest BCUT2D eigenvalue weighted by molar-refractivity contribution is -0.125. The van der Waals surface area contributed by atoms with Gasteiger partial charge in [-0.25, -0.2) is 0 Å². The van der Waals surface area contributed by atoms with Crippen molar-refractivity contribution in [2.45, 2.75) is 19.3 Å². The number of hydrogen-bond donors (Lipinski definition) is 2. The standard InChI is InChI=1S/C12H17BrN2O/c1-12(2,11(16)15-8-7-14)9-3-5-10(13)6-4-9/h3-6H,7-8,14H2,1-2H3,(H,15,16). The molecule has 1 aromatic carbocycles. The molecule has 0 aliphatic rings. The highest BCUT2D eigenvalue weighted by molar-refractivity contribution is 9.10. The summed E-state index contributed by atoms with van der Waals surface area (Å²) in [5, 5.41) is 2.81. The van der Waals surface area contributed by atoms with E-state index in [1.165, 1.54) is 0 Å². The van der Waals surface area contributed by atoms with Gasteiger partial charge in [0.25, 0.3) is 0 Å². The average molecular weight is 285 g/mol. The molecule has 0 saturated carbocycles. The van der Waals surface area contributed by atoms with Crippen LogP contribution in [-0.2, 0) is 10.2 Å². The van der Waals surface area contributed by atoms with E-state index in [2.05, 4.69) is 21.2 Å². The Kier molecular flexibility index (Phi) is 4.50. The van der Waals surface area contributed by atoms with E-state index in [4.69, 9.17) is 5.73 Å². The van der Waals surface area contributed by atoms with E-state index in [9.17, 15) is 4.79 Å². The first-order valence-corrected chi connectivity index (χ1v) is 6.02. The summed E-state index contributed by atoms with van der Waals surface area (Å²) in [4.78, 5) is 11.9. The van der Waals surface area contributed by atoms with Crippen molar-refractivity contribution in [2.75, 3.05) is 13.1 Å². The Morgan fingerprint density at radius 2 is 1.94 bits per heavy atom. The number of amides is 1. The lowest BCUT2D eigenvalue weighted by Gasteiger charge is -2.24. The highest BCUT2D eigenvalue weighted by Crippen LogP contribution is 2.24. The largest absolute Gasteiger partial charge is 0.354 e. The van der Waals surface area contributed by atoms with E-state index >= 15 is 0 Å². The van der Waals surface area contributed by atoms with E-state index in [-0.39, 0.29) is 5.91 Å². The molecule has 0 atom stereocenters. The van der Waals surface area contributed by atoms with Gasteiger partial charge in [-0.1, -0.05) is 28.1 Å². The summed E-state index contributed by atoms with van der Waals surface area (Å²) in [6.07, 6.45) is 0. The lowest BCUT2D eigenvalue weighted by Crippen LogP contribution is -2.42. The first kappa shape index (κ1) is 13.2. The minimum absolute atomic E-state index is 0.000252. The number of carbonyl (C=O) groups is 1. The van der Waals surface area contributed by atoms with Crippen molar-refractivity contribution in [1.82, 2.24) is 5.32 Å². The topological polar surface area (TPSA) is 55.1 Å². The molecule has 0 saturated heterocycles. The fourth-order valence-electron chi connectivity index (χ4n) is 1.40. The normalized spacial score (nSPS) is 11.2. The van der Waals surface area contributed by atoms with E-state index < -0.39 is 5.41 Å². The molecule has 0 unspecified atom stereocenters. The van der Waals surface area contributed by atoms with Crippen molar-refractivity contribution in [1.29, 1.82) is 0 Å². The van der Waals surface area contributed by atoms with Crippen LogP contribution in [0.4, 0.5) is 0 Å². The smallest absolute Gasteiger partial charge is 0.230 e. The van der Waals surface area contributed by atoms with Crippen LogP contribution in [-0.4, -0.2) is 19.0 Å². The molecule has 0 aliphatic heterocycles. The van der Waals surface area contributed by atoms with Crippen LogP contribution in [0.25, 0.3) is 0 Å². The third-order valence-electron chi connectivity index (χ3n) is 2.56. The van der Waals surface area contributed by atoms with Crippen LogP contribution in [0.5, 0.6) is 0 Å². The van der Waals surface area contributed by atoms with E-state index in [1.807, 2.05) is 38.1 Å². The van der Waals surface area contributed by atoms with E-state index in [1.54, 1.807) is 0 Å². The Labute approximate surface area is 105 Å². The molecule has 0 aliphatic carbocycles. The molecule has 4 heteroatoms. The van der Waals surface area contributed by atoms with Crippen molar-refractivity contribution >= 4 is 21.8 Å². The summed E-state index contributed by atoms with van der Waals surface area (Å²) >= 11 is 3.37. The predicted molar refractivity (Wildman–Crippen MR) is 69.2 cm³/mol. The van der Waals surface area contributed by atoms with Crippen LogP contribution in [0.1, 0.15) is 19.4 Å². The van der Waals surface area contributed by atoms with Crippen LogP contribution in [0.2, 0.25) is 0 Å². The second kappa shape index (κ2) is 5.46. The zero-order valence-corrected chi connectivity index (χ0v) is 11.2. The molecular weight excluding hydrogens is 268 g/mol. The molecule has 1 aromatic rings. The van der Waals surface area contributed by atoms with Crippen LogP contribution >= 0.6 is 15.9 Å². The van der Waals surface area contributed by atoms with Crippen LogP contribution < -0.4 is 11.1 Å². The predicted octanol–water partition coefficient (Wildman–Crippen LogP) is 1.80. The zero-order valence-electron chi connectivity index (χ0n) is 9.59. The van der Waals surface area contributed by atoms with Crippen LogP contribution in [0.3, 0.4) is 0 Å². The van der Waals surface area contributed by atoms with E-state index in [0.29, 0.717) is 13.1 Å². The Hall–Kier alpha value is -0.870. The SMILES string of the molecule is CC(C)(C(=O)NCCN)c1ccc(Br)cc1. The van der Waals surface area contributed by atoms with Crippen molar-refractivity contribution in [3.63, 3.8) is 0 Å². The third-order valence-corrected chi connectivity index (χ3v) is 3.09. The number of rotatable bonds is 4. The van der Waals surface area contributed by atoms with E-state index in [0.717, 1.165) is 10.0 Å². The third kappa shape index (κ3) is 3.06. The number of hydrogen-bond acceptors (Lipinski definition) is 2. The van der Waals surface area contributed by atoms with Gasteiger partial charge in [0.2, 0.25) is 5.91 Å². The van der Waals surface area contributed by atoms with Gasteiger partial charge in [0.05, 0.1) is 5.41 Å². The fraction of sp³-hybridized carbons (Fsp3) is 0.417. The molecule has 0 aromatic heterocycles. The molecule has 0 spiro atoms. The number of nitrogens with two attached hydrogens (primary N) is 1. The van der Waals surface area contributed by atoms with Gasteiger partial charge in [0.1, 0.15) is 0 Å². The molecule has 88 valence electrons. The van der Waals surface area contributed by atoms with Gasteiger partial charge in [-0.05, 0) is 31.5 Å². The van der Waals surface area contributed by atoms with Gasteiger partial charge in [0.15, 0.2) is 0 Å². The first-order chi connectivity index (χ1) is 7.48. The summed E-state index contributed by atoms with van der Waals surface area (Å²) in [5.41, 5.74) is 5.82. The van der Waals surface area contributed by atoms with Crippen molar-refractivity contribution in [2.24, 2.45) is 5.73 Å². The Balaban J connectivity index is 2.83. The summed E-state index contributed by atoms with van der Waals surface area (Å²) in [6, 6.07) is 7.78. The maximum Gasteiger partial charge on any atom is 0.230 e. The minimum Gasteiger partial charge on any atom is -0.354 e. The van der Waals surface area contributed by atoms with Crippen LogP contribution in [0.15, 0.2) is 28.7 Å². The van der Waals surface area contributed by atoms with Gasteiger partial charge < -0.3 is 11.1 Å². The number of nitrogens with one attached hydrogen (secondary N) is 1. The molecule has 0 fully saturated rings. The van der Waals surface area contributed by atoms with Gasteiger partial charge in [-0.15, -0.1) is 0 Å². The lowest BCUT2D eigenvalue weighted by atomic mass is 9.84. The Morgan fingerprint density at radius 3 is 2.44 bits per heavy atom. The Morgan fingerprint density at radius 1 is 1.38 bits per heavy atom. The van der Waals surface area contributed by atoms with Gasteiger partial charge >= 0.3 is 0 Å². The van der Waals surface area contributed by atoms with Crippen molar-refractivity contribution < 1.29 is 4.79 Å². The van der Waals surface area contributed by atoms with Gasteiger partial charge in [-0.2, -0.15) is 0 Å². The Bertz CT molecular complexity index is 360. The molecule has 1 rings (SSSR count).